The predicted octanol–water partition coefficient (Wildman–Crippen LogP) is 1.78. The fourth-order valence-electron chi connectivity index (χ4n) is 1.65. The molecule has 102 valence electrons. The quantitative estimate of drug-likeness (QED) is 0.628. The Morgan fingerprint density at radius 1 is 1.29 bits per heavy atom. The number of nitrogens with two attached hydrogens (primary N) is 1. The van der Waals surface area contributed by atoms with Crippen molar-refractivity contribution in [3.8, 4) is 0 Å². The number of rotatable bonds is 9. The third kappa shape index (κ3) is 7.34. The second-order valence-corrected chi connectivity index (χ2v) is 4.90. The van der Waals surface area contributed by atoms with Gasteiger partial charge >= 0.3 is 5.97 Å². The molecule has 2 N–H and O–H groups in total. The Labute approximate surface area is 105 Å². The van der Waals surface area contributed by atoms with Crippen LogP contribution in [-0.2, 0) is 9.53 Å². The van der Waals surface area contributed by atoms with E-state index in [1.807, 2.05) is 0 Å². The number of esters is 1. The summed E-state index contributed by atoms with van der Waals surface area (Å²) in [6.07, 6.45) is 4.02. The molecule has 0 bridgehead atoms. The Morgan fingerprint density at radius 3 is 2.41 bits per heavy atom. The van der Waals surface area contributed by atoms with Crippen LogP contribution in [0.1, 0.15) is 46.5 Å². The minimum Gasteiger partial charge on any atom is -0.465 e. The molecule has 0 aromatic heterocycles. The molecule has 0 heterocycles. The Balaban J connectivity index is 3.82. The standard InChI is InChI=1S/C13H28N2O2/c1-5-7-10-15(4)11-8-9-13(3,14)12(16)17-6-2/h5-11,14H2,1-4H3. The lowest BCUT2D eigenvalue weighted by Crippen LogP contribution is -2.46. The van der Waals surface area contributed by atoms with E-state index in [2.05, 4.69) is 18.9 Å². The number of ether oxygens (including phenoxy) is 1. The van der Waals surface area contributed by atoms with Crippen molar-refractivity contribution in [2.45, 2.75) is 52.0 Å². The minimum absolute atomic E-state index is 0.295. The number of hydrogen-bond acceptors (Lipinski definition) is 4. The van der Waals surface area contributed by atoms with Gasteiger partial charge in [-0.05, 0) is 53.2 Å². The summed E-state index contributed by atoms with van der Waals surface area (Å²) in [5.41, 5.74) is 5.09. The van der Waals surface area contributed by atoms with Gasteiger partial charge in [0.1, 0.15) is 5.54 Å². The van der Waals surface area contributed by atoms with E-state index >= 15 is 0 Å². The maximum Gasteiger partial charge on any atom is 0.325 e. The Kier molecular flexibility index (Phi) is 8.17. The van der Waals surface area contributed by atoms with Crippen LogP contribution in [-0.4, -0.2) is 43.2 Å². The predicted molar refractivity (Wildman–Crippen MR) is 70.9 cm³/mol. The molecule has 0 rings (SSSR count). The Hall–Kier alpha value is -0.610. The molecule has 0 aromatic rings. The van der Waals surface area contributed by atoms with Crippen LogP contribution >= 0.6 is 0 Å². The molecule has 4 heteroatoms. The molecule has 4 nitrogen and oxygen atoms in total. The van der Waals surface area contributed by atoms with Gasteiger partial charge in [-0.1, -0.05) is 13.3 Å². The summed E-state index contributed by atoms with van der Waals surface area (Å²) >= 11 is 0. The summed E-state index contributed by atoms with van der Waals surface area (Å²) in [7, 11) is 2.11. The number of carbonyl (C=O) groups excluding carboxylic acids is 1. The molecule has 0 amide bonds. The highest BCUT2D eigenvalue weighted by molar-refractivity contribution is 5.79. The first-order chi connectivity index (χ1) is 7.94. The largest absolute Gasteiger partial charge is 0.465 e. The van der Waals surface area contributed by atoms with E-state index < -0.39 is 5.54 Å². The van der Waals surface area contributed by atoms with Crippen LogP contribution in [0.4, 0.5) is 0 Å². The Bertz CT molecular complexity index is 217. The molecule has 0 aromatic carbocycles. The molecule has 0 saturated heterocycles. The minimum atomic E-state index is -0.846. The first-order valence-electron chi connectivity index (χ1n) is 6.58. The van der Waals surface area contributed by atoms with E-state index in [0.717, 1.165) is 19.5 Å². The van der Waals surface area contributed by atoms with E-state index in [1.165, 1.54) is 12.8 Å². The van der Waals surface area contributed by atoms with Crippen LogP contribution in [0.3, 0.4) is 0 Å². The van der Waals surface area contributed by atoms with Crippen molar-refractivity contribution in [3.63, 3.8) is 0 Å². The van der Waals surface area contributed by atoms with E-state index in [4.69, 9.17) is 10.5 Å². The van der Waals surface area contributed by atoms with Crippen molar-refractivity contribution in [1.29, 1.82) is 0 Å². The van der Waals surface area contributed by atoms with Crippen LogP contribution in [0, 0.1) is 0 Å². The van der Waals surface area contributed by atoms with Gasteiger partial charge in [-0.25, -0.2) is 0 Å². The molecular weight excluding hydrogens is 216 g/mol. The molecule has 1 unspecified atom stereocenters. The van der Waals surface area contributed by atoms with Gasteiger partial charge in [-0.2, -0.15) is 0 Å². The van der Waals surface area contributed by atoms with Crippen molar-refractivity contribution in [2.24, 2.45) is 5.73 Å². The van der Waals surface area contributed by atoms with Gasteiger partial charge < -0.3 is 15.4 Å². The molecular formula is C13H28N2O2. The van der Waals surface area contributed by atoms with Gasteiger partial charge in [-0.15, -0.1) is 0 Å². The highest BCUT2D eigenvalue weighted by Crippen LogP contribution is 2.11. The lowest BCUT2D eigenvalue weighted by molar-refractivity contribution is -0.149. The first kappa shape index (κ1) is 16.4. The monoisotopic (exact) mass is 244 g/mol. The fourth-order valence-corrected chi connectivity index (χ4v) is 1.65. The van der Waals surface area contributed by atoms with Gasteiger partial charge in [0, 0.05) is 0 Å². The molecule has 0 saturated carbocycles. The van der Waals surface area contributed by atoms with Gasteiger partial charge in [-0.3, -0.25) is 4.79 Å². The second kappa shape index (κ2) is 8.48. The number of unbranched alkanes of at least 4 members (excludes halogenated alkanes) is 1. The third-order valence-electron chi connectivity index (χ3n) is 2.87. The molecule has 0 radical (unpaired) electrons. The Morgan fingerprint density at radius 2 is 1.88 bits per heavy atom. The lowest BCUT2D eigenvalue weighted by Gasteiger charge is -2.23. The zero-order valence-corrected chi connectivity index (χ0v) is 11.8. The summed E-state index contributed by atoms with van der Waals surface area (Å²) in [6, 6.07) is 0. The van der Waals surface area contributed by atoms with Crippen molar-refractivity contribution in [2.75, 3.05) is 26.7 Å². The molecule has 0 aliphatic rings. The normalized spacial score (nSPS) is 14.7. The maximum absolute atomic E-state index is 11.6. The van der Waals surface area contributed by atoms with Crippen LogP contribution in [0.2, 0.25) is 0 Å². The lowest BCUT2D eigenvalue weighted by atomic mass is 9.97. The summed E-state index contributed by atoms with van der Waals surface area (Å²) in [5, 5.41) is 0. The van der Waals surface area contributed by atoms with Crippen LogP contribution < -0.4 is 5.73 Å². The van der Waals surface area contributed by atoms with Crippen molar-refractivity contribution >= 4 is 5.97 Å². The van der Waals surface area contributed by atoms with Crippen molar-refractivity contribution < 1.29 is 9.53 Å². The number of carbonyl (C=O) groups is 1. The summed E-state index contributed by atoms with van der Waals surface area (Å²) in [5.74, 6) is -0.295. The summed E-state index contributed by atoms with van der Waals surface area (Å²) in [4.78, 5) is 13.8. The molecule has 0 aliphatic carbocycles. The molecule has 0 aliphatic heterocycles. The smallest absolute Gasteiger partial charge is 0.325 e. The third-order valence-corrected chi connectivity index (χ3v) is 2.87. The summed E-state index contributed by atoms with van der Waals surface area (Å²) < 4.78 is 4.95. The van der Waals surface area contributed by atoms with Crippen LogP contribution in [0.25, 0.3) is 0 Å². The van der Waals surface area contributed by atoms with Crippen LogP contribution in [0.15, 0.2) is 0 Å². The van der Waals surface area contributed by atoms with Crippen LogP contribution in [0.5, 0.6) is 0 Å². The van der Waals surface area contributed by atoms with Gasteiger partial charge in [0.05, 0.1) is 6.61 Å². The zero-order chi connectivity index (χ0) is 13.3. The molecule has 0 fully saturated rings. The maximum atomic E-state index is 11.6. The average molecular weight is 244 g/mol. The average Bonchev–Trinajstić information content (AvgIpc) is 2.26. The van der Waals surface area contributed by atoms with E-state index in [-0.39, 0.29) is 5.97 Å². The van der Waals surface area contributed by atoms with Gasteiger partial charge in [0.25, 0.3) is 0 Å². The molecule has 1 atom stereocenters. The van der Waals surface area contributed by atoms with E-state index in [1.54, 1.807) is 13.8 Å². The van der Waals surface area contributed by atoms with Crippen molar-refractivity contribution in [3.05, 3.63) is 0 Å². The van der Waals surface area contributed by atoms with Gasteiger partial charge in [0.15, 0.2) is 0 Å². The molecule has 17 heavy (non-hydrogen) atoms. The SMILES string of the molecule is CCCCN(C)CCCC(C)(N)C(=O)OCC. The van der Waals surface area contributed by atoms with Gasteiger partial charge in [0.2, 0.25) is 0 Å². The number of hydrogen-bond donors (Lipinski definition) is 1. The fraction of sp³-hybridized carbons (Fsp3) is 0.923. The van der Waals surface area contributed by atoms with Crippen molar-refractivity contribution in [1.82, 2.24) is 4.90 Å². The topological polar surface area (TPSA) is 55.6 Å². The second-order valence-electron chi connectivity index (χ2n) is 4.90. The highest BCUT2D eigenvalue weighted by atomic mass is 16.5. The highest BCUT2D eigenvalue weighted by Gasteiger charge is 2.29. The summed E-state index contributed by atoms with van der Waals surface area (Å²) in [6.45, 7) is 8.21. The van der Waals surface area contributed by atoms with E-state index in [0.29, 0.717) is 13.0 Å². The first-order valence-corrected chi connectivity index (χ1v) is 6.58. The molecule has 0 spiro atoms. The van der Waals surface area contributed by atoms with E-state index in [9.17, 15) is 4.79 Å². The number of nitrogens with zero attached hydrogens (tertiary/aromatic N) is 1. The zero-order valence-electron chi connectivity index (χ0n) is 11.8.